The van der Waals surface area contributed by atoms with E-state index in [0.29, 0.717) is 0 Å². The lowest BCUT2D eigenvalue weighted by Crippen LogP contribution is -2.18. The van der Waals surface area contributed by atoms with Crippen molar-refractivity contribution >= 4 is 34.8 Å². The van der Waals surface area contributed by atoms with Gasteiger partial charge in [-0.05, 0) is 6.92 Å². The number of halogens is 6. The van der Waals surface area contributed by atoms with Crippen molar-refractivity contribution in [2.24, 2.45) is 0 Å². The van der Waals surface area contributed by atoms with E-state index in [4.69, 9.17) is 34.8 Å². The highest BCUT2D eigenvalue weighted by Gasteiger charge is 2.38. The summed E-state index contributed by atoms with van der Waals surface area (Å²) in [6, 6.07) is 0. The maximum atomic E-state index is 12.3. The van der Waals surface area contributed by atoms with E-state index in [1.165, 1.54) is 6.92 Å². The molecule has 0 spiro atoms. The number of aryl methyl sites for hydroxylation is 1. The topological polar surface area (TPSA) is 38.7 Å². The summed E-state index contributed by atoms with van der Waals surface area (Å²) in [7, 11) is 0. The monoisotopic (exact) mass is 279 g/mol. The Morgan fingerprint density at radius 3 is 1.80 bits per heavy atom. The summed E-state index contributed by atoms with van der Waals surface area (Å²) in [5.74, 6) is -2.10. The molecular weight excluding hydrogens is 277 g/mol. The molecule has 15 heavy (non-hydrogen) atoms. The molecule has 0 saturated carbocycles. The third-order valence-electron chi connectivity index (χ3n) is 1.25. The van der Waals surface area contributed by atoms with Crippen molar-refractivity contribution in [3.63, 3.8) is 0 Å². The summed E-state index contributed by atoms with van der Waals surface area (Å²) in [5.41, 5.74) is 0. The molecule has 0 radical (unpaired) electrons. The molecule has 0 aliphatic rings. The molecule has 1 rings (SSSR count). The van der Waals surface area contributed by atoms with Crippen molar-refractivity contribution in [3.05, 3.63) is 17.5 Å². The van der Waals surface area contributed by atoms with Crippen LogP contribution in [0, 0.1) is 6.92 Å². The van der Waals surface area contributed by atoms with E-state index in [2.05, 4.69) is 15.0 Å². The quantitative estimate of drug-likeness (QED) is 0.686. The number of alkyl halides is 6. The Hall–Kier alpha value is -0.330. The molecule has 0 aromatic carbocycles. The van der Waals surface area contributed by atoms with Crippen molar-refractivity contribution < 1.29 is 13.2 Å². The van der Waals surface area contributed by atoms with Gasteiger partial charge >= 0.3 is 6.18 Å². The maximum absolute atomic E-state index is 12.3. The summed E-state index contributed by atoms with van der Waals surface area (Å²) >= 11 is 16.1. The van der Waals surface area contributed by atoms with Gasteiger partial charge in [0.15, 0.2) is 5.82 Å². The predicted octanol–water partition coefficient (Wildman–Crippen LogP) is 3.03. The van der Waals surface area contributed by atoms with E-state index in [9.17, 15) is 13.2 Å². The summed E-state index contributed by atoms with van der Waals surface area (Å²) in [4.78, 5) is 9.63. The number of hydrogen-bond donors (Lipinski definition) is 0. The molecule has 0 amide bonds. The zero-order valence-electron chi connectivity index (χ0n) is 7.11. The Balaban J connectivity index is 3.30. The first-order chi connectivity index (χ1) is 6.60. The number of aromatic nitrogens is 3. The average molecular weight is 280 g/mol. The van der Waals surface area contributed by atoms with Gasteiger partial charge in [0.25, 0.3) is 0 Å². The fourth-order valence-corrected chi connectivity index (χ4v) is 0.989. The first kappa shape index (κ1) is 12.7. The Bertz CT molecular complexity index is 342. The van der Waals surface area contributed by atoms with Crippen LogP contribution in [0.1, 0.15) is 17.5 Å². The van der Waals surface area contributed by atoms with Gasteiger partial charge in [0, 0.05) is 0 Å². The number of hydrogen-bond acceptors (Lipinski definition) is 3. The summed E-state index contributed by atoms with van der Waals surface area (Å²) < 4.78 is 34.7. The molecule has 0 aliphatic carbocycles. The van der Waals surface area contributed by atoms with Gasteiger partial charge in [-0.25, -0.2) is 15.0 Å². The van der Waals surface area contributed by atoms with E-state index in [1.807, 2.05) is 0 Å². The second-order valence-corrected chi connectivity index (χ2v) is 4.81. The third-order valence-corrected chi connectivity index (χ3v) is 1.76. The van der Waals surface area contributed by atoms with Crippen molar-refractivity contribution in [1.82, 2.24) is 15.0 Å². The first-order valence-corrected chi connectivity index (χ1v) is 4.61. The van der Waals surface area contributed by atoms with E-state index in [1.54, 1.807) is 0 Å². The van der Waals surface area contributed by atoms with Crippen molar-refractivity contribution in [2.45, 2.75) is 16.9 Å². The van der Waals surface area contributed by atoms with Crippen LogP contribution in [0.4, 0.5) is 13.2 Å². The van der Waals surface area contributed by atoms with Gasteiger partial charge in [0.05, 0.1) is 0 Å². The van der Waals surface area contributed by atoms with E-state index >= 15 is 0 Å². The number of nitrogens with zero attached hydrogens (tertiary/aromatic N) is 3. The summed E-state index contributed by atoms with van der Waals surface area (Å²) in [5, 5.41) is 0. The van der Waals surface area contributed by atoms with Crippen molar-refractivity contribution in [1.29, 1.82) is 0 Å². The van der Waals surface area contributed by atoms with Crippen molar-refractivity contribution in [3.8, 4) is 0 Å². The van der Waals surface area contributed by atoms with E-state index in [0.717, 1.165) is 0 Å². The van der Waals surface area contributed by atoms with Gasteiger partial charge in [-0.2, -0.15) is 13.2 Å². The summed E-state index contributed by atoms with van der Waals surface area (Å²) in [6.45, 7) is 1.25. The van der Waals surface area contributed by atoms with Crippen LogP contribution in [0.25, 0.3) is 0 Å². The minimum absolute atomic E-state index is 0.168. The Labute approximate surface area is 97.6 Å². The highest BCUT2D eigenvalue weighted by Crippen LogP contribution is 2.37. The van der Waals surface area contributed by atoms with Gasteiger partial charge < -0.3 is 0 Å². The van der Waals surface area contributed by atoms with Crippen LogP contribution in [0.15, 0.2) is 0 Å². The fourth-order valence-electron chi connectivity index (χ4n) is 0.735. The Kier molecular flexibility index (Phi) is 3.33. The molecule has 0 fully saturated rings. The smallest absolute Gasteiger partial charge is 0.214 e. The van der Waals surface area contributed by atoms with Crippen molar-refractivity contribution in [2.75, 3.05) is 0 Å². The molecule has 0 unspecified atom stereocenters. The molecule has 1 heterocycles. The highest BCUT2D eigenvalue weighted by atomic mass is 35.6. The van der Waals surface area contributed by atoms with Crippen LogP contribution in [-0.4, -0.2) is 15.0 Å². The molecule has 0 bridgehead atoms. The highest BCUT2D eigenvalue weighted by molar-refractivity contribution is 6.66. The van der Waals surface area contributed by atoms with Gasteiger partial charge in [0.2, 0.25) is 9.62 Å². The lowest BCUT2D eigenvalue weighted by Gasteiger charge is -2.12. The minimum atomic E-state index is -4.70. The van der Waals surface area contributed by atoms with Crippen LogP contribution in [0.2, 0.25) is 0 Å². The van der Waals surface area contributed by atoms with Gasteiger partial charge in [-0.3, -0.25) is 0 Å². The van der Waals surface area contributed by atoms with Gasteiger partial charge in [-0.1, -0.05) is 34.8 Å². The molecule has 1 aromatic rings. The molecule has 3 nitrogen and oxygen atoms in total. The molecular formula is C6H3Cl3F3N3. The lowest BCUT2D eigenvalue weighted by molar-refractivity contribution is -0.145. The van der Waals surface area contributed by atoms with Crippen LogP contribution >= 0.6 is 34.8 Å². The molecule has 84 valence electrons. The first-order valence-electron chi connectivity index (χ1n) is 3.48. The standard InChI is InChI=1S/C6H3Cl3F3N3/c1-2-13-3(5(7,8)9)15-4(14-2)6(10,11)12/h1H3. The van der Waals surface area contributed by atoms with E-state index in [-0.39, 0.29) is 5.82 Å². The largest absolute Gasteiger partial charge is 0.451 e. The minimum Gasteiger partial charge on any atom is -0.214 e. The van der Waals surface area contributed by atoms with Crippen LogP contribution in [0.5, 0.6) is 0 Å². The van der Waals surface area contributed by atoms with Crippen LogP contribution in [-0.2, 0) is 9.97 Å². The van der Waals surface area contributed by atoms with Crippen LogP contribution < -0.4 is 0 Å². The Morgan fingerprint density at radius 2 is 1.40 bits per heavy atom. The van der Waals surface area contributed by atoms with Crippen LogP contribution in [0.3, 0.4) is 0 Å². The molecule has 0 saturated heterocycles. The molecule has 9 heteroatoms. The molecule has 0 aliphatic heterocycles. The molecule has 1 aromatic heterocycles. The number of rotatable bonds is 0. The molecule has 0 atom stereocenters. The van der Waals surface area contributed by atoms with E-state index < -0.39 is 21.6 Å². The van der Waals surface area contributed by atoms with Gasteiger partial charge in [0.1, 0.15) is 5.82 Å². The second kappa shape index (κ2) is 3.92. The lowest BCUT2D eigenvalue weighted by atomic mass is 10.5. The average Bonchev–Trinajstić information content (AvgIpc) is 1.99. The third kappa shape index (κ3) is 3.32. The normalized spacial score (nSPS) is 13.0. The SMILES string of the molecule is Cc1nc(C(F)(F)F)nc(C(Cl)(Cl)Cl)n1. The summed E-state index contributed by atoms with van der Waals surface area (Å²) in [6.07, 6.45) is -4.70. The Morgan fingerprint density at radius 1 is 0.933 bits per heavy atom. The fraction of sp³-hybridized carbons (Fsp3) is 0.500. The second-order valence-electron chi connectivity index (χ2n) is 2.53. The maximum Gasteiger partial charge on any atom is 0.451 e. The zero-order valence-corrected chi connectivity index (χ0v) is 9.38. The zero-order chi connectivity index (χ0) is 11.9. The molecule has 0 N–H and O–H groups in total. The van der Waals surface area contributed by atoms with Gasteiger partial charge in [-0.15, -0.1) is 0 Å². The predicted molar refractivity (Wildman–Crippen MR) is 48.8 cm³/mol.